The summed E-state index contributed by atoms with van der Waals surface area (Å²) in [6.07, 6.45) is 2.99. The van der Waals surface area contributed by atoms with Crippen LogP contribution in [-0.4, -0.2) is 12.5 Å². The fourth-order valence-corrected chi connectivity index (χ4v) is 1.45. The lowest BCUT2D eigenvalue weighted by atomic mass is 9.87. The maximum absolute atomic E-state index is 8.87. The lowest BCUT2D eigenvalue weighted by molar-refractivity contribution is 0.610. The summed E-state index contributed by atoms with van der Waals surface area (Å²) in [7, 11) is 0.189. The summed E-state index contributed by atoms with van der Waals surface area (Å²) in [5.74, 6) is 0. The normalized spacial score (nSPS) is 14.1. The molecule has 2 rings (SSSR count). The predicted molar refractivity (Wildman–Crippen MR) is 47.5 cm³/mol. The molecule has 0 unspecified atom stereocenters. The van der Waals surface area contributed by atoms with Crippen LogP contribution in [0.1, 0.15) is 11.1 Å². The maximum atomic E-state index is 8.87. The maximum Gasteiger partial charge on any atom is 0.301 e. The van der Waals surface area contributed by atoms with E-state index in [4.69, 9.17) is 5.02 Å². The van der Waals surface area contributed by atoms with Gasteiger partial charge in [0.2, 0.25) is 0 Å². The highest BCUT2D eigenvalue weighted by Gasteiger charge is 2.10. The highest BCUT2D eigenvalue weighted by molar-refractivity contribution is 6.38. The second-order valence-corrected chi connectivity index (χ2v) is 2.84. The molecule has 1 nitrogen and oxygen atoms in total. The van der Waals surface area contributed by atoms with Gasteiger partial charge in [0.15, 0.2) is 0 Å². The number of rotatable bonds is 1. The van der Waals surface area contributed by atoms with Crippen LogP contribution in [0.15, 0.2) is 29.7 Å². The van der Waals surface area contributed by atoms with Crippen LogP contribution in [0.3, 0.4) is 0 Å². The number of hydrogen-bond acceptors (Lipinski definition) is 1. The molecule has 0 spiro atoms. The molecule has 1 N–H and O–H groups in total. The summed E-state index contributed by atoms with van der Waals surface area (Å²) >= 11 is 0. The van der Waals surface area contributed by atoms with Crippen molar-refractivity contribution in [3.63, 3.8) is 0 Å². The largest absolute Gasteiger partial charge is 0.449 e. The van der Waals surface area contributed by atoms with E-state index in [9.17, 15) is 0 Å². The van der Waals surface area contributed by atoms with E-state index in [2.05, 4.69) is 18.2 Å². The smallest absolute Gasteiger partial charge is 0.301 e. The van der Waals surface area contributed by atoms with Crippen LogP contribution in [0.4, 0.5) is 0 Å². The van der Waals surface area contributed by atoms with E-state index >= 15 is 0 Å². The molecule has 1 aliphatic rings. The molecule has 0 heterocycles. The van der Waals surface area contributed by atoms with Gasteiger partial charge in [-0.25, -0.2) is 0 Å². The van der Waals surface area contributed by atoms with Crippen molar-refractivity contribution in [2.45, 2.75) is 6.42 Å². The van der Waals surface area contributed by atoms with E-state index in [-0.39, 0.29) is 7.48 Å². The third-order valence-corrected chi connectivity index (χ3v) is 2.04. The molecule has 0 bridgehead atoms. The molecule has 1 aromatic carbocycles. The SMILES string of the molecule is OBC1=Cc2ccccc2C1. The Bertz CT molecular complexity index is 304. The first-order valence-corrected chi connectivity index (χ1v) is 3.78. The Kier molecular flexibility index (Phi) is 1.55. The van der Waals surface area contributed by atoms with Gasteiger partial charge in [-0.1, -0.05) is 35.8 Å². The van der Waals surface area contributed by atoms with Gasteiger partial charge in [-0.15, -0.1) is 0 Å². The van der Waals surface area contributed by atoms with Crippen LogP contribution in [-0.2, 0) is 6.42 Å². The van der Waals surface area contributed by atoms with Crippen LogP contribution < -0.4 is 0 Å². The van der Waals surface area contributed by atoms with Crippen molar-refractivity contribution in [3.05, 3.63) is 40.9 Å². The zero-order valence-corrected chi connectivity index (χ0v) is 6.25. The Morgan fingerprint density at radius 3 is 2.82 bits per heavy atom. The fraction of sp³-hybridized carbons (Fsp3) is 0.111. The Hall–Kier alpha value is -1.02. The first kappa shape index (κ1) is 6.68. The summed E-state index contributed by atoms with van der Waals surface area (Å²) in [4.78, 5) is 0. The van der Waals surface area contributed by atoms with Crippen molar-refractivity contribution in [1.82, 2.24) is 0 Å². The Morgan fingerprint density at radius 1 is 1.27 bits per heavy atom. The van der Waals surface area contributed by atoms with Crippen LogP contribution >= 0.6 is 0 Å². The zero-order chi connectivity index (χ0) is 7.68. The van der Waals surface area contributed by atoms with Gasteiger partial charge < -0.3 is 5.02 Å². The van der Waals surface area contributed by atoms with Gasteiger partial charge in [0.25, 0.3) is 0 Å². The summed E-state index contributed by atoms with van der Waals surface area (Å²) in [5, 5.41) is 8.87. The Labute approximate surface area is 66.6 Å². The molecule has 0 radical (unpaired) electrons. The topological polar surface area (TPSA) is 20.2 Å². The van der Waals surface area contributed by atoms with Crippen molar-refractivity contribution in [3.8, 4) is 0 Å². The molecule has 1 aromatic rings. The fourth-order valence-electron chi connectivity index (χ4n) is 1.45. The van der Waals surface area contributed by atoms with Crippen LogP contribution in [0, 0.1) is 0 Å². The molecule has 1 aliphatic carbocycles. The lowest BCUT2D eigenvalue weighted by Crippen LogP contribution is -1.93. The molecule has 11 heavy (non-hydrogen) atoms. The van der Waals surface area contributed by atoms with E-state index in [0.717, 1.165) is 11.9 Å². The van der Waals surface area contributed by atoms with Crippen molar-refractivity contribution in [2.75, 3.05) is 0 Å². The molecule has 0 aliphatic heterocycles. The Morgan fingerprint density at radius 2 is 2.09 bits per heavy atom. The Balaban J connectivity index is 2.39. The van der Waals surface area contributed by atoms with Crippen molar-refractivity contribution < 1.29 is 5.02 Å². The highest BCUT2D eigenvalue weighted by Crippen LogP contribution is 2.22. The summed E-state index contributed by atoms with van der Waals surface area (Å²) in [6, 6.07) is 8.25. The summed E-state index contributed by atoms with van der Waals surface area (Å²) in [5.41, 5.74) is 3.71. The molecule has 0 saturated heterocycles. The first-order valence-electron chi connectivity index (χ1n) is 3.78. The average Bonchev–Trinajstić information content (AvgIpc) is 2.46. The molecular weight excluding hydrogens is 135 g/mol. The number of benzene rings is 1. The van der Waals surface area contributed by atoms with Crippen LogP contribution in [0.5, 0.6) is 0 Å². The van der Waals surface area contributed by atoms with Gasteiger partial charge in [0.05, 0.1) is 0 Å². The molecule has 0 aromatic heterocycles. The molecule has 54 valence electrons. The molecule has 0 fully saturated rings. The van der Waals surface area contributed by atoms with Gasteiger partial charge in [-0.05, 0) is 17.5 Å². The van der Waals surface area contributed by atoms with E-state index in [1.54, 1.807) is 0 Å². The second-order valence-electron chi connectivity index (χ2n) is 2.84. The predicted octanol–water partition coefficient (Wildman–Crippen LogP) is 0.927. The first-order chi connectivity index (χ1) is 5.40. The van der Waals surface area contributed by atoms with Crippen molar-refractivity contribution in [1.29, 1.82) is 0 Å². The minimum atomic E-state index is 0.189. The zero-order valence-electron chi connectivity index (χ0n) is 6.25. The van der Waals surface area contributed by atoms with Gasteiger partial charge >= 0.3 is 7.48 Å². The third-order valence-electron chi connectivity index (χ3n) is 2.04. The standard InChI is InChI=1S/C9H9BO/c11-10-9-5-7-3-1-2-4-8(7)6-9/h1-5,10-11H,6H2. The highest BCUT2D eigenvalue weighted by atomic mass is 16.2. The second kappa shape index (κ2) is 2.55. The molecule has 0 amide bonds. The minimum Gasteiger partial charge on any atom is -0.449 e. The summed E-state index contributed by atoms with van der Waals surface area (Å²) in [6.45, 7) is 0. The van der Waals surface area contributed by atoms with E-state index in [1.165, 1.54) is 11.1 Å². The van der Waals surface area contributed by atoms with E-state index in [0.29, 0.717) is 0 Å². The quantitative estimate of drug-likeness (QED) is 0.581. The summed E-state index contributed by atoms with van der Waals surface area (Å²) < 4.78 is 0. The average molecular weight is 144 g/mol. The number of hydrogen-bond donors (Lipinski definition) is 1. The monoisotopic (exact) mass is 144 g/mol. The van der Waals surface area contributed by atoms with E-state index < -0.39 is 0 Å². The van der Waals surface area contributed by atoms with Crippen molar-refractivity contribution >= 4 is 13.6 Å². The van der Waals surface area contributed by atoms with Crippen LogP contribution in [0.25, 0.3) is 6.08 Å². The van der Waals surface area contributed by atoms with Gasteiger partial charge in [-0.3, -0.25) is 0 Å². The van der Waals surface area contributed by atoms with Gasteiger partial charge in [0.1, 0.15) is 0 Å². The lowest BCUT2D eigenvalue weighted by Gasteiger charge is -1.94. The van der Waals surface area contributed by atoms with E-state index in [1.807, 2.05) is 12.1 Å². The number of fused-ring (bicyclic) bond motifs is 1. The third kappa shape index (κ3) is 1.10. The van der Waals surface area contributed by atoms with Gasteiger partial charge in [0, 0.05) is 0 Å². The molecule has 0 saturated carbocycles. The van der Waals surface area contributed by atoms with Gasteiger partial charge in [-0.2, -0.15) is 0 Å². The van der Waals surface area contributed by atoms with Crippen molar-refractivity contribution in [2.24, 2.45) is 0 Å². The molecular formula is C9H9BO. The molecule has 0 atom stereocenters. The number of allylic oxidation sites excluding steroid dienone is 1. The molecule has 2 heteroatoms. The minimum absolute atomic E-state index is 0.189. The van der Waals surface area contributed by atoms with Crippen LogP contribution in [0.2, 0.25) is 0 Å².